The van der Waals surface area contributed by atoms with Gasteiger partial charge in [-0.25, -0.2) is 4.98 Å². The van der Waals surface area contributed by atoms with Crippen LogP contribution in [0.1, 0.15) is 18.4 Å². The number of nitrogens with one attached hydrogen (secondary N) is 1. The van der Waals surface area contributed by atoms with Gasteiger partial charge in [0, 0.05) is 17.8 Å². The molecule has 1 N–H and O–H groups in total. The lowest BCUT2D eigenvalue weighted by molar-refractivity contribution is 0.257. The van der Waals surface area contributed by atoms with Crippen molar-refractivity contribution >= 4 is 24.0 Å². The van der Waals surface area contributed by atoms with Gasteiger partial charge >= 0.3 is 6.01 Å². The number of aryl methyl sites for hydroxylation is 1. The number of rotatable bonds is 3. The molecule has 90 valence electrons. The third-order valence-electron chi connectivity index (χ3n) is 2.46. The normalized spacial score (nSPS) is 19.2. The zero-order valence-electron chi connectivity index (χ0n) is 9.07. The fraction of sp³-hybridized carbons (Fsp3) is 0.600. The van der Waals surface area contributed by atoms with Gasteiger partial charge in [-0.3, -0.25) is 0 Å². The van der Waals surface area contributed by atoms with E-state index in [1.54, 1.807) is 6.20 Å². The first-order valence-electron chi connectivity index (χ1n) is 5.11. The molecule has 1 saturated heterocycles. The molecule has 1 unspecified atom stereocenters. The van der Waals surface area contributed by atoms with Gasteiger partial charge in [0.25, 0.3) is 0 Å². The van der Waals surface area contributed by atoms with E-state index in [0.29, 0.717) is 23.8 Å². The van der Waals surface area contributed by atoms with Crippen molar-refractivity contribution in [3.05, 3.63) is 16.9 Å². The highest BCUT2D eigenvalue weighted by atomic mass is 35.5. The van der Waals surface area contributed by atoms with Crippen molar-refractivity contribution in [1.29, 1.82) is 0 Å². The van der Waals surface area contributed by atoms with E-state index in [9.17, 15) is 0 Å². The maximum Gasteiger partial charge on any atom is 0.317 e. The van der Waals surface area contributed by atoms with Crippen LogP contribution < -0.4 is 10.1 Å². The first-order valence-corrected chi connectivity index (χ1v) is 5.49. The van der Waals surface area contributed by atoms with Crippen molar-refractivity contribution in [2.75, 3.05) is 13.2 Å². The second kappa shape index (κ2) is 6.23. The molecule has 1 fully saturated rings. The van der Waals surface area contributed by atoms with E-state index >= 15 is 0 Å². The van der Waals surface area contributed by atoms with Crippen LogP contribution in [0.2, 0.25) is 5.15 Å². The molecule has 0 radical (unpaired) electrons. The summed E-state index contributed by atoms with van der Waals surface area (Å²) in [5, 5.41) is 3.80. The van der Waals surface area contributed by atoms with E-state index in [4.69, 9.17) is 16.3 Å². The molecule has 4 nitrogen and oxygen atoms in total. The van der Waals surface area contributed by atoms with Crippen LogP contribution in [-0.2, 0) is 0 Å². The zero-order chi connectivity index (χ0) is 10.7. The van der Waals surface area contributed by atoms with Crippen LogP contribution in [0.4, 0.5) is 0 Å². The number of hydrogen-bond acceptors (Lipinski definition) is 4. The number of aromatic nitrogens is 2. The Balaban J connectivity index is 0.00000128. The average molecular weight is 264 g/mol. The van der Waals surface area contributed by atoms with E-state index in [-0.39, 0.29) is 12.4 Å². The summed E-state index contributed by atoms with van der Waals surface area (Å²) in [6.07, 6.45) is 4.04. The summed E-state index contributed by atoms with van der Waals surface area (Å²) >= 11 is 5.86. The molecular formula is C10H15Cl2N3O. The average Bonchev–Trinajstić information content (AvgIpc) is 2.73. The van der Waals surface area contributed by atoms with Gasteiger partial charge in [0.1, 0.15) is 11.8 Å². The molecule has 0 saturated carbocycles. The molecule has 0 amide bonds. The zero-order valence-corrected chi connectivity index (χ0v) is 10.6. The molecule has 1 aliphatic rings. The molecule has 1 atom stereocenters. The SMILES string of the molecule is Cc1cnc(OCC2CCCN2)nc1Cl.Cl. The summed E-state index contributed by atoms with van der Waals surface area (Å²) < 4.78 is 5.46. The molecule has 1 aromatic rings. The van der Waals surface area contributed by atoms with E-state index in [1.807, 2.05) is 6.92 Å². The number of nitrogens with zero attached hydrogens (tertiary/aromatic N) is 2. The number of hydrogen-bond donors (Lipinski definition) is 1. The second-order valence-corrected chi connectivity index (χ2v) is 4.09. The number of ether oxygens (including phenoxy) is 1. The fourth-order valence-electron chi connectivity index (χ4n) is 1.55. The molecule has 1 aromatic heterocycles. The smallest absolute Gasteiger partial charge is 0.317 e. The lowest BCUT2D eigenvalue weighted by Crippen LogP contribution is -2.28. The molecule has 0 spiro atoms. The summed E-state index contributed by atoms with van der Waals surface area (Å²) in [5.74, 6) is 0. The minimum absolute atomic E-state index is 0. The highest BCUT2D eigenvalue weighted by Gasteiger charge is 2.15. The van der Waals surface area contributed by atoms with Crippen LogP contribution in [-0.4, -0.2) is 29.2 Å². The second-order valence-electron chi connectivity index (χ2n) is 3.73. The highest BCUT2D eigenvalue weighted by molar-refractivity contribution is 6.30. The Kier molecular flexibility index (Phi) is 5.25. The van der Waals surface area contributed by atoms with Gasteiger partial charge in [0.2, 0.25) is 0 Å². The molecule has 16 heavy (non-hydrogen) atoms. The van der Waals surface area contributed by atoms with Crippen molar-refractivity contribution in [2.24, 2.45) is 0 Å². The van der Waals surface area contributed by atoms with E-state index in [2.05, 4.69) is 15.3 Å². The maximum atomic E-state index is 5.86. The standard InChI is InChI=1S/C10H14ClN3O.ClH/c1-7-5-13-10(14-9(7)11)15-6-8-3-2-4-12-8;/h5,8,12H,2-4,6H2,1H3;1H. The Labute approximate surface area is 106 Å². The Bertz CT molecular complexity index is 343. The first-order chi connectivity index (χ1) is 7.25. The van der Waals surface area contributed by atoms with Crippen LogP contribution in [0.5, 0.6) is 6.01 Å². The fourth-order valence-corrected chi connectivity index (χ4v) is 1.67. The van der Waals surface area contributed by atoms with Crippen molar-refractivity contribution in [3.63, 3.8) is 0 Å². The maximum absolute atomic E-state index is 5.86. The monoisotopic (exact) mass is 263 g/mol. The summed E-state index contributed by atoms with van der Waals surface area (Å²) in [5.41, 5.74) is 0.864. The van der Waals surface area contributed by atoms with Gasteiger partial charge in [0.15, 0.2) is 0 Å². The van der Waals surface area contributed by atoms with Crippen LogP contribution >= 0.6 is 24.0 Å². The van der Waals surface area contributed by atoms with Crippen molar-refractivity contribution in [1.82, 2.24) is 15.3 Å². The largest absolute Gasteiger partial charge is 0.462 e. The topological polar surface area (TPSA) is 47.0 Å². The van der Waals surface area contributed by atoms with Gasteiger partial charge in [0.05, 0.1) is 0 Å². The van der Waals surface area contributed by atoms with Gasteiger partial charge in [-0.1, -0.05) is 11.6 Å². The molecule has 6 heteroatoms. The lowest BCUT2D eigenvalue weighted by Gasteiger charge is -2.10. The molecule has 1 aliphatic heterocycles. The Morgan fingerprint density at radius 1 is 1.62 bits per heavy atom. The van der Waals surface area contributed by atoms with E-state index in [1.165, 1.54) is 6.42 Å². The van der Waals surface area contributed by atoms with Gasteiger partial charge in [-0.15, -0.1) is 12.4 Å². The first kappa shape index (κ1) is 13.5. The van der Waals surface area contributed by atoms with E-state index in [0.717, 1.165) is 18.5 Å². The molecule has 2 heterocycles. The van der Waals surface area contributed by atoms with Crippen LogP contribution in [0.25, 0.3) is 0 Å². The van der Waals surface area contributed by atoms with Crippen LogP contribution in [0, 0.1) is 6.92 Å². The third kappa shape index (κ3) is 3.47. The van der Waals surface area contributed by atoms with Gasteiger partial charge in [-0.05, 0) is 26.3 Å². The Morgan fingerprint density at radius 3 is 3.06 bits per heavy atom. The molecule has 2 rings (SSSR count). The van der Waals surface area contributed by atoms with E-state index < -0.39 is 0 Å². The van der Waals surface area contributed by atoms with Crippen LogP contribution in [0.3, 0.4) is 0 Å². The predicted octanol–water partition coefficient (Wildman–Crippen LogP) is 1.99. The summed E-state index contributed by atoms with van der Waals surface area (Å²) in [7, 11) is 0. The quantitative estimate of drug-likeness (QED) is 0.848. The molecule has 0 aromatic carbocycles. The predicted molar refractivity (Wildman–Crippen MR) is 65.5 cm³/mol. The number of halogens is 2. The van der Waals surface area contributed by atoms with Crippen molar-refractivity contribution in [2.45, 2.75) is 25.8 Å². The minimum Gasteiger partial charge on any atom is -0.462 e. The van der Waals surface area contributed by atoms with Gasteiger partial charge < -0.3 is 10.1 Å². The summed E-state index contributed by atoms with van der Waals surface area (Å²) in [4.78, 5) is 8.09. The summed E-state index contributed by atoms with van der Waals surface area (Å²) in [6.45, 7) is 3.55. The van der Waals surface area contributed by atoms with Gasteiger partial charge in [-0.2, -0.15) is 4.98 Å². The highest BCUT2D eigenvalue weighted by Crippen LogP contribution is 2.14. The summed E-state index contributed by atoms with van der Waals surface area (Å²) in [6, 6.07) is 0.785. The Morgan fingerprint density at radius 2 is 2.44 bits per heavy atom. The van der Waals surface area contributed by atoms with Crippen LogP contribution in [0.15, 0.2) is 6.20 Å². The molecular weight excluding hydrogens is 249 g/mol. The Hall–Kier alpha value is -0.580. The third-order valence-corrected chi connectivity index (χ3v) is 2.85. The van der Waals surface area contributed by atoms with Crippen molar-refractivity contribution in [3.8, 4) is 6.01 Å². The van der Waals surface area contributed by atoms with Crippen molar-refractivity contribution < 1.29 is 4.74 Å². The minimum atomic E-state index is 0. The molecule has 0 aliphatic carbocycles. The molecule has 0 bridgehead atoms. The lowest BCUT2D eigenvalue weighted by atomic mass is 10.2.